The van der Waals surface area contributed by atoms with Crippen LogP contribution in [0.1, 0.15) is 0 Å². The number of rotatable bonds is 3. The Kier molecular flexibility index (Phi) is 4.06. The molecule has 2 aromatic rings. The predicted molar refractivity (Wildman–Crippen MR) is 89.7 cm³/mol. The number of fused-ring (bicyclic) bond motifs is 1. The van der Waals surface area contributed by atoms with E-state index >= 15 is 0 Å². The van der Waals surface area contributed by atoms with Crippen LogP contribution in [0.3, 0.4) is 0 Å². The molecule has 1 aromatic carbocycles. The predicted octanol–water partition coefficient (Wildman–Crippen LogP) is 2.47. The zero-order valence-corrected chi connectivity index (χ0v) is 14.1. The van der Waals surface area contributed by atoms with Gasteiger partial charge in [-0.25, -0.2) is 4.79 Å². The summed E-state index contributed by atoms with van der Waals surface area (Å²) in [5.74, 6) is 1.50. The summed E-state index contributed by atoms with van der Waals surface area (Å²) in [6.45, 7) is 2.31. The van der Waals surface area contributed by atoms with Crippen molar-refractivity contribution >= 4 is 38.8 Å². The Labute approximate surface area is 136 Å². The van der Waals surface area contributed by atoms with Crippen LogP contribution in [0.5, 0.6) is 5.75 Å². The first-order valence-electron chi connectivity index (χ1n) is 6.99. The number of nitrogens with one attached hydrogen (secondary N) is 1. The highest BCUT2D eigenvalue weighted by Gasteiger charge is 2.16. The minimum absolute atomic E-state index is 0.390. The maximum Gasteiger partial charge on any atom is 0.414 e. The fourth-order valence-corrected chi connectivity index (χ4v) is 2.69. The molecule has 2 heterocycles. The third-order valence-electron chi connectivity index (χ3n) is 3.43. The summed E-state index contributed by atoms with van der Waals surface area (Å²) in [6.07, 6.45) is 1.46. The molecular formula is C15H17BrN4O2. The van der Waals surface area contributed by atoms with E-state index in [1.54, 1.807) is 14.1 Å². The van der Waals surface area contributed by atoms with Crippen LogP contribution >= 0.6 is 15.9 Å². The van der Waals surface area contributed by atoms with Crippen molar-refractivity contribution in [2.45, 2.75) is 6.54 Å². The molecule has 116 valence electrons. The Balaban J connectivity index is 1.99. The van der Waals surface area contributed by atoms with Gasteiger partial charge in [-0.3, -0.25) is 4.99 Å². The number of nitrogens with zero attached hydrogens (tertiary/aromatic N) is 3. The van der Waals surface area contributed by atoms with E-state index in [4.69, 9.17) is 4.74 Å². The summed E-state index contributed by atoms with van der Waals surface area (Å²) < 4.78 is 8.48. The molecule has 22 heavy (non-hydrogen) atoms. The topological polar surface area (TPSA) is 58.9 Å². The van der Waals surface area contributed by atoms with Gasteiger partial charge in [-0.1, -0.05) is 15.9 Å². The molecule has 0 aliphatic carbocycles. The molecule has 0 saturated carbocycles. The van der Waals surface area contributed by atoms with E-state index in [2.05, 4.69) is 26.2 Å². The number of carbonyl (C=O) groups excluding carboxylic acids is 1. The lowest BCUT2D eigenvalue weighted by atomic mass is 10.2. The normalized spacial score (nSPS) is 13.9. The molecule has 1 aliphatic heterocycles. The number of hydrogen-bond donors (Lipinski definition) is 1. The number of benzene rings is 1. The van der Waals surface area contributed by atoms with Crippen molar-refractivity contribution in [2.24, 2.45) is 4.99 Å². The molecule has 1 N–H and O–H groups in total. The van der Waals surface area contributed by atoms with Crippen LogP contribution in [0.4, 0.5) is 4.79 Å². The Hall–Kier alpha value is -2.02. The van der Waals surface area contributed by atoms with Crippen molar-refractivity contribution in [3.8, 4) is 5.75 Å². The van der Waals surface area contributed by atoms with Crippen LogP contribution in [-0.2, 0) is 6.54 Å². The Bertz CT molecular complexity index is 751. The lowest BCUT2D eigenvalue weighted by molar-refractivity contribution is 0.172. The van der Waals surface area contributed by atoms with Crippen LogP contribution in [0.25, 0.3) is 10.9 Å². The van der Waals surface area contributed by atoms with E-state index < -0.39 is 6.09 Å². The Morgan fingerprint density at radius 1 is 1.50 bits per heavy atom. The monoisotopic (exact) mass is 364 g/mol. The highest BCUT2D eigenvalue weighted by Crippen LogP contribution is 2.31. The highest BCUT2D eigenvalue weighted by atomic mass is 79.9. The Morgan fingerprint density at radius 2 is 2.32 bits per heavy atom. The van der Waals surface area contributed by atoms with Crippen LogP contribution in [-0.4, -0.2) is 48.6 Å². The number of halogens is 1. The van der Waals surface area contributed by atoms with E-state index in [9.17, 15) is 4.79 Å². The number of hydrogen-bond acceptors (Lipinski definition) is 4. The second-order valence-corrected chi connectivity index (χ2v) is 6.22. The second kappa shape index (κ2) is 6.00. The third kappa shape index (κ3) is 2.94. The maximum atomic E-state index is 11.8. The van der Waals surface area contributed by atoms with Crippen molar-refractivity contribution in [3.05, 3.63) is 28.9 Å². The number of ether oxygens (including phenoxy) is 1. The first kappa shape index (κ1) is 14.9. The van der Waals surface area contributed by atoms with Gasteiger partial charge in [0.15, 0.2) is 5.75 Å². The maximum absolute atomic E-state index is 11.8. The van der Waals surface area contributed by atoms with Gasteiger partial charge >= 0.3 is 6.09 Å². The van der Waals surface area contributed by atoms with Gasteiger partial charge in [0.05, 0.1) is 18.6 Å². The molecule has 0 fully saturated rings. The molecule has 1 amide bonds. The molecule has 0 bridgehead atoms. The number of amidine groups is 1. The zero-order valence-electron chi connectivity index (χ0n) is 12.5. The van der Waals surface area contributed by atoms with Crippen LogP contribution in [0, 0.1) is 0 Å². The summed E-state index contributed by atoms with van der Waals surface area (Å²) in [5, 5.41) is 4.15. The quantitative estimate of drug-likeness (QED) is 0.909. The number of aromatic nitrogens is 1. The smallest absolute Gasteiger partial charge is 0.408 e. The largest absolute Gasteiger partial charge is 0.414 e. The standard InChI is InChI=1S/C15H17BrN4O2/c1-19(2)15(21)22-13-8-20(9-14-17-5-6-18-14)12-7-10(16)3-4-11(12)13/h3-4,7-8H,5-6,9H2,1-2H3,(H,17,18). The van der Waals surface area contributed by atoms with Crippen molar-refractivity contribution in [1.29, 1.82) is 0 Å². The molecule has 7 heteroatoms. The third-order valence-corrected chi connectivity index (χ3v) is 3.93. The number of amides is 1. The minimum Gasteiger partial charge on any atom is -0.408 e. The lowest BCUT2D eigenvalue weighted by Gasteiger charge is -2.09. The van der Waals surface area contributed by atoms with Gasteiger partial charge in [-0.2, -0.15) is 0 Å². The SMILES string of the molecule is CN(C)C(=O)Oc1cn(CC2=NCCN2)c2cc(Br)ccc12. The summed E-state index contributed by atoms with van der Waals surface area (Å²) in [4.78, 5) is 17.6. The van der Waals surface area contributed by atoms with Gasteiger partial charge in [0, 0.05) is 36.7 Å². The van der Waals surface area contributed by atoms with Crippen molar-refractivity contribution in [1.82, 2.24) is 14.8 Å². The summed E-state index contributed by atoms with van der Waals surface area (Å²) in [6, 6.07) is 5.89. The van der Waals surface area contributed by atoms with Gasteiger partial charge in [-0.15, -0.1) is 0 Å². The number of aliphatic imine (C=N–C) groups is 1. The average molecular weight is 365 g/mol. The molecule has 0 atom stereocenters. The molecule has 6 nitrogen and oxygen atoms in total. The van der Waals surface area contributed by atoms with Crippen molar-refractivity contribution in [3.63, 3.8) is 0 Å². The first-order chi connectivity index (χ1) is 10.5. The van der Waals surface area contributed by atoms with Crippen molar-refractivity contribution in [2.75, 3.05) is 27.2 Å². The van der Waals surface area contributed by atoms with Gasteiger partial charge in [-0.05, 0) is 18.2 Å². The minimum atomic E-state index is -0.390. The van der Waals surface area contributed by atoms with Crippen LogP contribution in [0.15, 0.2) is 33.9 Å². The molecule has 0 spiro atoms. The molecule has 3 rings (SSSR count). The lowest BCUT2D eigenvalue weighted by Crippen LogP contribution is -2.25. The summed E-state index contributed by atoms with van der Waals surface area (Å²) in [5.41, 5.74) is 0.993. The van der Waals surface area contributed by atoms with Crippen LogP contribution in [0.2, 0.25) is 0 Å². The van der Waals surface area contributed by atoms with Crippen molar-refractivity contribution < 1.29 is 9.53 Å². The van der Waals surface area contributed by atoms with E-state index in [-0.39, 0.29) is 0 Å². The summed E-state index contributed by atoms with van der Waals surface area (Å²) in [7, 11) is 3.32. The molecule has 1 aliphatic rings. The molecular weight excluding hydrogens is 348 g/mol. The van der Waals surface area contributed by atoms with E-state index in [0.717, 1.165) is 34.3 Å². The fourth-order valence-electron chi connectivity index (χ4n) is 2.34. The van der Waals surface area contributed by atoms with E-state index in [1.807, 2.05) is 29.0 Å². The Morgan fingerprint density at radius 3 is 3.00 bits per heavy atom. The number of carbonyl (C=O) groups is 1. The van der Waals surface area contributed by atoms with E-state index in [0.29, 0.717) is 12.3 Å². The molecule has 0 unspecified atom stereocenters. The molecule has 0 radical (unpaired) electrons. The molecule has 1 aromatic heterocycles. The summed E-state index contributed by atoms with van der Waals surface area (Å²) >= 11 is 3.49. The fraction of sp³-hybridized carbons (Fsp3) is 0.333. The highest BCUT2D eigenvalue weighted by molar-refractivity contribution is 9.10. The first-order valence-corrected chi connectivity index (χ1v) is 7.78. The zero-order chi connectivity index (χ0) is 15.7. The van der Waals surface area contributed by atoms with Gasteiger partial charge in [0.25, 0.3) is 0 Å². The average Bonchev–Trinajstić information content (AvgIpc) is 3.08. The molecule has 0 saturated heterocycles. The van der Waals surface area contributed by atoms with Gasteiger partial charge < -0.3 is 19.5 Å². The van der Waals surface area contributed by atoms with Gasteiger partial charge in [0.1, 0.15) is 5.84 Å². The van der Waals surface area contributed by atoms with Crippen LogP contribution < -0.4 is 10.1 Å². The second-order valence-electron chi connectivity index (χ2n) is 5.30. The van der Waals surface area contributed by atoms with Gasteiger partial charge in [0.2, 0.25) is 0 Å². The van der Waals surface area contributed by atoms with E-state index in [1.165, 1.54) is 4.90 Å².